The molecule has 1 saturated carbocycles. The molecule has 1 aromatic heterocycles. The van der Waals surface area contributed by atoms with Gasteiger partial charge in [-0.05, 0) is 26.0 Å². The number of nitrogens with one attached hydrogen (secondary N) is 2. The fourth-order valence-corrected chi connectivity index (χ4v) is 2.70. The van der Waals surface area contributed by atoms with Crippen molar-refractivity contribution in [3.8, 4) is 5.75 Å². The quantitative estimate of drug-likeness (QED) is 0.834. The van der Waals surface area contributed by atoms with E-state index in [9.17, 15) is 0 Å². The number of pyridine rings is 1. The van der Waals surface area contributed by atoms with Gasteiger partial charge in [0, 0.05) is 30.4 Å². The smallest absolute Gasteiger partial charge is 0.141 e. The molecule has 0 radical (unpaired) electrons. The molecule has 2 N–H and O–H groups in total. The average Bonchev–Trinajstić information content (AvgIpc) is 2.45. The summed E-state index contributed by atoms with van der Waals surface area (Å²) in [7, 11) is 3.75. The van der Waals surface area contributed by atoms with Crippen molar-refractivity contribution in [2.24, 2.45) is 0 Å². The van der Waals surface area contributed by atoms with E-state index in [2.05, 4.69) is 22.7 Å². The Kier molecular flexibility index (Phi) is 4.96. The van der Waals surface area contributed by atoms with Gasteiger partial charge < -0.3 is 15.4 Å². The predicted molar refractivity (Wildman–Crippen MR) is 72.7 cm³/mol. The van der Waals surface area contributed by atoms with Crippen LogP contribution in [-0.2, 0) is 6.54 Å². The van der Waals surface area contributed by atoms with E-state index < -0.39 is 0 Å². The lowest BCUT2D eigenvalue weighted by Crippen LogP contribution is -2.48. The van der Waals surface area contributed by atoms with E-state index in [0.29, 0.717) is 12.1 Å². The molecule has 100 valence electrons. The molecule has 2 atom stereocenters. The highest BCUT2D eigenvalue weighted by atomic mass is 16.5. The van der Waals surface area contributed by atoms with Crippen LogP contribution >= 0.6 is 0 Å². The molecular formula is C14H23N3O. The van der Waals surface area contributed by atoms with Crippen LogP contribution in [0.4, 0.5) is 0 Å². The molecule has 1 fully saturated rings. The molecule has 2 unspecified atom stereocenters. The second-order valence-corrected chi connectivity index (χ2v) is 4.85. The molecule has 1 aliphatic rings. The Morgan fingerprint density at radius 2 is 2.11 bits per heavy atom. The van der Waals surface area contributed by atoms with Gasteiger partial charge in [0.25, 0.3) is 0 Å². The van der Waals surface area contributed by atoms with Gasteiger partial charge in [-0.2, -0.15) is 0 Å². The zero-order valence-corrected chi connectivity index (χ0v) is 11.3. The molecule has 1 aliphatic carbocycles. The van der Waals surface area contributed by atoms with Crippen molar-refractivity contribution < 1.29 is 4.74 Å². The summed E-state index contributed by atoms with van der Waals surface area (Å²) < 4.78 is 5.32. The number of ether oxygens (including phenoxy) is 1. The van der Waals surface area contributed by atoms with Gasteiger partial charge in [0.1, 0.15) is 5.75 Å². The summed E-state index contributed by atoms with van der Waals surface area (Å²) in [5, 5.41) is 7.06. The Morgan fingerprint density at radius 3 is 2.83 bits per heavy atom. The molecule has 0 spiro atoms. The van der Waals surface area contributed by atoms with Crippen LogP contribution in [0.1, 0.15) is 31.2 Å². The molecule has 0 saturated heterocycles. The first-order valence-corrected chi connectivity index (χ1v) is 6.72. The summed E-state index contributed by atoms with van der Waals surface area (Å²) in [6, 6.07) is 3.16. The first-order valence-electron chi connectivity index (χ1n) is 6.72. The summed E-state index contributed by atoms with van der Waals surface area (Å²) in [4.78, 5) is 4.08. The zero-order valence-electron chi connectivity index (χ0n) is 11.3. The Morgan fingerprint density at radius 1 is 1.33 bits per heavy atom. The monoisotopic (exact) mass is 249 g/mol. The zero-order chi connectivity index (χ0) is 12.8. The van der Waals surface area contributed by atoms with Gasteiger partial charge in [0.2, 0.25) is 0 Å². The van der Waals surface area contributed by atoms with Gasteiger partial charge >= 0.3 is 0 Å². The van der Waals surface area contributed by atoms with Crippen molar-refractivity contribution in [2.75, 3.05) is 14.2 Å². The van der Waals surface area contributed by atoms with Crippen LogP contribution in [0.3, 0.4) is 0 Å². The maximum Gasteiger partial charge on any atom is 0.141 e. The van der Waals surface area contributed by atoms with Crippen molar-refractivity contribution in [3.05, 3.63) is 24.0 Å². The Balaban J connectivity index is 1.93. The van der Waals surface area contributed by atoms with E-state index in [4.69, 9.17) is 4.74 Å². The number of hydrogen-bond donors (Lipinski definition) is 2. The molecule has 2 rings (SSSR count). The van der Waals surface area contributed by atoms with Crippen LogP contribution in [0.2, 0.25) is 0 Å². The Bertz CT molecular complexity index is 370. The third kappa shape index (κ3) is 3.21. The number of aromatic nitrogens is 1. The maximum absolute atomic E-state index is 5.32. The lowest BCUT2D eigenvalue weighted by Gasteiger charge is -2.32. The first kappa shape index (κ1) is 13.3. The van der Waals surface area contributed by atoms with E-state index in [1.807, 2.05) is 12.3 Å². The third-order valence-electron chi connectivity index (χ3n) is 3.78. The molecular weight excluding hydrogens is 226 g/mol. The van der Waals surface area contributed by atoms with Crippen molar-refractivity contribution in [1.29, 1.82) is 0 Å². The van der Waals surface area contributed by atoms with Gasteiger partial charge in [-0.1, -0.05) is 12.8 Å². The Labute approximate surface area is 109 Å². The van der Waals surface area contributed by atoms with Crippen LogP contribution in [0, 0.1) is 0 Å². The SMILES string of the molecule is CNC1CCCCC1NCc1ccncc1OC. The highest BCUT2D eigenvalue weighted by Crippen LogP contribution is 2.20. The van der Waals surface area contributed by atoms with Crippen LogP contribution in [0.5, 0.6) is 5.75 Å². The van der Waals surface area contributed by atoms with E-state index in [0.717, 1.165) is 12.3 Å². The predicted octanol–water partition coefficient (Wildman–Crippen LogP) is 1.71. The lowest BCUT2D eigenvalue weighted by atomic mass is 9.90. The number of hydrogen-bond acceptors (Lipinski definition) is 4. The summed E-state index contributed by atoms with van der Waals surface area (Å²) in [6.45, 7) is 0.842. The van der Waals surface area contributed by atoms with E-state index >= 15 is 0 Å². The highest BCUT2D eigenvalue weighted by molar-refractivity contribution is 5.29. The van der Waals surface area contributed by atoms with E-state index in [1.165, 1.54) is 31.2 Å². The fourth-order valence-electron chi connectivity index (χ4n) is 2.70. The molecule has 0 amide bonds. The lowest BCUT2D eigenvalue weighted by molar-refractivity contribution is 0.293. The van der Waals surface area contributed by atoms with Crippen LogP contribution in [-0.4, -0.2) is 31.2 Å². The van der Waals surface area contributed by atoms with Crippen molar-refractivity contribution in [2.45, 2.75) is 44.3 Å². The summed E-state index contributed by atoms with van der Waals surface area (Å²) in [6.07, 6.45) is 8.76. The molecule has 4 heteroatoms. The van der Waals surface area contributed by atoms with Gasteiger partial charge in [-0.15, -0.1) is 0 Å². The number of likely N-dealkylation sites (N-methyl/N-ethyl adjacent to an activating group) is 1. The normalized spacial score (nSPS) is 23.9. The average molecular weight is 249 g/mol. The third-order valence-corrected chi connectivity index (χ3v) is 3.78. The summed E-state index contributed by atoms with van der Waals surface area (Å²) >= 11 is 0. The van der Waals surface area contributed by atoms with E-state index in [1.54, 1.807) is 13.3 Å². The van der Waals surface area contributed by atoms with Crippen LogP contribution in [0.25, 0.3) is 0 Å². The first-order chi connectivity index (χ1) is 8.85. The van der Waals surface area contributed by atoms with Crippen LogP contribution in [0.15, 0.2) is 18.5 Å². The second kappa shape index (κ2) is 6.71. The number of rotatable bonds is 5. The van der Waals surface area contributed by atoms with E-state index in [-0.39, 0.29) is 0 Å². The van der Waals surface area contributed by atoms with Crippen molar-refractivity contribution in [3.63, 3.8) is 0 Å². The van der Waals surface area contributed by atoms with Gasteiger partial charge in [0.05, 0.1) is 13.3 Å². The molecule has 4 nitrogen and oxygen atoms in total. The van der Waals surface area contributed by atoms with Gasteiger partial charge in [-0.25, -0.2) is 0 Å². The summed E-state index contributed by atoms with van der Waals surface area (Å²) in [5.41, 5.74) is 1.17. The molecule has 0 bridgehead atoms. The highest BCUT2D eigenvalue weighted by Gasteiger charge is 2.23. The fraction of sp³-hybridized carbons (Fsp3) is 0.643. The minimum atomic E-state index is 0.557. The topological polar surface area (TPSA) is 46.2 Å². The molecule has 0 aromatic carbocycles. The van der Waals surface area contributed by atoms with Gasteiger partial charge in [0.15, 0.2) is 0 Å². The van der Waals surface area contributed by atoms with Gasteiger partial charge in [-0.3, -0.25) is 4.98 Å². The maximum atomic E-state index is 5.32. The van der Waals surface area contributed by atoms with Crippen molar-refractivity contribution >= 4 is 0 Å². The molecule has 1 aromatic rings. The number of nitrogens with zero attached hydrogens (tertiary/aromatic N) is 1. The van der Waals surface area contributed by atoms with Crippen LogP contribution < -0.4 is 15.4 Å². The standard InChI is InChI=1S/C14H23N3O/c1-15-12-5-3-4-6-13(12)17-9-11-7-8-16-10-14(11)18-2/h7-8,10,12-13,15,17H,3-6,9H2,1-2H3. The minimum Gasteiger partial charge on any atom is -0.495 e. The summed E-state index contributed by atoms with van der Waals surface area (Å²) in [5.74, 6) is 0.863. The minimum absolute atomic E-state index is 0.557. The molecule has 1 heterocycles. The molecule has 18 heavy (non-hydrogen) atoms. The van der Waals surface area contributed by atoms with Crippen molar-refractivity contribution in [1.82, 2.24) is 15.6 Å². The second-order valence-electron chi connectivity index (χ2n) is 4.85. The Hall–Kier alpha value is -1.13. The largest absolute Gasteiger partial charge is 0.495 e. The number of methoxy groups -OCH3 is 1. The molecule has 0 aliphatic heterocycles.